The first-order valence-electron chi connectivity index (χ1n) is 5.23. The maximum Gasteiger partial charge on any atom is 0.0543 e. The second-order valence-electron chi connectivity index (χ2n) is 4.42. The molecular weight excluding hydrogens is 164 g/mol. The van der Waals surface area contributed by atoms with Crippen molar-refractivity contribution >= 4 is 0 Å². The summed E-state index contributed by atoms with van der Waals surface area (Å²) in [5, 5.41) is 9.64. The highest BCUT2D eigenvalue weighted by Gasteiger charge is 2.10. The van der Waals surface area contributed by atoms with Crippen molar-refractivity contribution in [1.29, 1.82) is 0 Å². The molecule has 2 heteroatoms. The monoisotopic (exact) mass is 188 g/mol. The highest BCUT2D eigenvalue weighted by Crippen LogP contribution is 2.13. The van der Waals surface area contributed by atoms with E-state index in [1.54, 1.807) is 7.11 Å². The average molecular weight is 188 g/mol. The molecule has 0 bridgehead atoms. The maximum atomic E-state index is 9.64. The van der Waals surface area contributed by atoms with E-state index in [0.29, 0.717) is 11.8 Å². The Kier molecular flexibility index (Phi) is 7.29. The lowest BCUT2D eigenvalue weighted by Gasteiger charge is -2.16. The fourth-order valence-corrected chi connectivity index (χ4v) is 1.46. The molecule has 0 amide bonds. The first kappa shape index (κ1) is 12.9. The van der Waals surface area contributed by atoms with Gasteiger partial charge in [-0.05, 0) is 31.1 Å². The average Bonchev–Trinajstić information content (AvgIpc) is 2.01. The zero-order chi connectivity index (χ0) is 10.3. The Bertz CT molecular complexity index is 113. The zero-order valence-corrected chi connectivity index (χ0v) is 9.42. The van der Waals surface area contributed by atoms with E-state index in [0.717, 1.165) is 25.9 Å². The van der Waals surface area contributed by atoms with E-state index in [-0.39, 0.29) is 6.10 Å². The lowest BCUT2D eigenvalue weighted by Crippen LogP contribution is -2.15. The van der Waals surface area contributed by atoms with Crippen LogP contribution in [-0.2, 0) is 4.74 Å². The van der Waals surface area contributed by atoms with Gasteiger partial charge < -0.3 is 9.84 Å². The molecule has 80 valence electrons. The summed E-state index contributed by atoms with van der Waals surface area (Å²) in [5.41, 5.74) is 0. The van der Waals surface area contributed by atoms with E-state index < -0.39 is 0 Å². The predicted octanol–water partition coefficient (Wildman–Crippen LogP) is 2.46. The van der Waals surface area contributed by atoms with Crippen molar-refractivity contribution in [2.24, 2.45) is 11.8 Å². The fraction of sp³-hybridized carbons (Fsp3) is 1.00. The van der Waals surface area contributed by atoms with Gasteiger partial charge in [0.1, 0.15) is 0 Å². The lowest BCUT2D eigenvalue weighted by molar-refractivity contribution is 0.0931. The minimum absolute atomic E-state index is 0.146. The summed E-state index contributed by atoms with van der Waals surface area (Å²) >= 11 is 0. The van der Waals surface area contributed by atoms with Gasteiger partial charge in [0.05, 0.1) is 6.10 Å². The van der Waals surface area contributed by atoms with Gasteiger partial charge >= 0.3 is 0 Å². The molecule has 2 atom stereocenters. The lowest BCUT2D eigenvalue weighted by atomic mass is 9.98. The minimum atomic E-state index is -0.146. The molecule has 0 aliphatic rings. The van der Waals surface area contributed by atoms with Gasteiger partial charge in [-0.3, -0.25) is 0 Å². The third kappa shape index (κ3) is 8.26. The number of hydrogen-bond acceptors (Lipinski definition) is 2. The van der Waals surface area contributed by atoms with Crippen LogP contribution in [0.4, 0.5) is 0 Å². The number of ether oxygens (including phenoxy) is 1. The van der Waals surface area contributed by atoms with Gasteiger partial charge in [-0.25, -0.2) is 0 Å². The molecule has 2 nitrogen and oxygen atoms in total. The van der Waals surface area contributed by atoms with E-state index in [2.05, 4.69) is 20.8 Å². The second-order valence-corrected chi connectivity index (χ2v) is 4.42. The van der Waals surface area contributed by atoms with E-state index in [1.807, 2.05) is 0 Å². The first-order valence-corrected chi connectivity index (χ1v) is 5.23. The molecule has 0 aliphatic heterocycles. The van der Waals surface area contributed by atoms with Gasteiger partial charge in [-0.15, -0.1) is 0 Å². The Morgan fingerprint density at radius 3 is 2.23 bits per heavy atom. The van der Waals surface area contributed by atoms with Crippen LogP contribution >= 0.6 is 0 Å². The number of hydrogen-bond donors (Lipinski definition) is 1. The van der Waals surface area contributed by atoms with E-state index in [4.69, 9.17) is 4.74 Å². The molecule has 0 rings (SSSR count). The van der Waals surface area contributed by atoms with Crippen molar-refractivity contribution in [3.63, 3.8) is 0 Å². The fourth-order valence-electron chi connectivity index (χ4n) is 1.46. The van der Waals surface area contributed by atoms with Crippen molar-refractivity contribution in [2.45, 2.75) is 46.1 Å². The van der Waals surface area contributed by atoms with Crippen LogP contribution in [0.5, 0.6) is 0 Å². The Labute approximate surface area is 82.3 Å². The summed E-state index contributed by atoms with van der Waals surface area (Å²) in [6, 6.07) is 0. The molecule has 0 aromatic carbocycles. The minimum Gasteiger partial charge on any atom is -0.393 e. The zero-order valence-electron chi connectivity index (χ0n) is 9.42. The number of rotatable bonds is 7. The van der Waals surface area contributed by atoms with Gasteiger partial charge in [0.25, 0.3) is 0 Å². The van der Waals surface area contributed by atoms with Gasteiger partial charge in [0.15, 0.2) is 0 Å². The van der Waals surface area contributed by atoms with Crippen LogP contribution in [0.25, 0.3) is 0 Å². The molecule has 0 aromatic rings. The summed E-state index contributed by atoms with van der Waals surface area (Å²) in [6.07, 6.45) is 2.75. The van der Waals surface area contributed by atoms with E-state index in [9.17, 15) is 5.11 Å². The third-order valence-corrected chi connectivity index (χ3v) is 2.20. The normalized spacial score (nSPS) is 16.2. The van der Waals surface area contributed by atoms with Crippen molar-refractivity contribution in [3.8, 4) is 0 Å². The number of aliphatic hydroxyl groups excluding tert-OH is 1. The predicted molar refractivity (Wildman–Crippen MR) is 55.7 cm³/mol. The Hall–Kier alpha value is -0.0800. The van der Waals surface area contributed by atoms with Crippen molar-refractivity contribution in [2.75, 3.05) is 13.7 Å². The maximum absolute atomic E-state index is 9.64. The van der Waals surface area contributed by atoms with Gasteiger partial charge in [-0.1, -0.05) is 20.8 Å². The molecule has 0 aromatic heterocycles. The van der Waals surface area contributed by atoms with Crippen LogP contribution < -0.4 is 0 Å². The van der Waals surface area contributed by atoms with E-state index >= 15 is 0 Å². The molecule has 13 heavy (non-hydrogen) atoms. The third-order valence-electron chi connectivity index (χ3n) is 2.20. The first-order chi connectivity index (χ1) is 6.06. The molecule has 0 spiro atoms. The standard InChI is InChI=1S/C11H24O2/c1-9(2)5-6-11(12)7-10(3)8-13-4/h9-12H,5-8H2,1-4H3. The highest BCUT2D eigenvalue weighted by molar-refractivity contribution is 4.62. The van der Waals surface area contributed by atoms with Crippen LogP contribution in [-0.4, -0.2) is 24.9 Å². The van der Waals surface area contributed by atoms with Crippen LogP contribution in [0.2, 0.25) is 0 Å². The Balaban J connectivity index is 3.43. The summed E-state index contributed by atoms with van der Waals surface area (Å²) in [7, 11) is 1.71. The second kappa shape index (κ2) is 7.34. The van der Waals surface area contributed by atoms with Crippen molar-refractivity contribution in [3.05, 3.63) is 0 Å². The Morgan fingerprint density at radius 2 is 1.77 bits per heavy atom. The van der Waals surface area contributed by atoms with Gasteiger partial charge in [0.2, 0.25) is 0 Å². The molecule has 0 heterocycles. The van der Waals surface area contributed by atoms with Crippen LogP contribution in [0.15, 0.2) is 0 Å². The van der Waals surface area contributed by atoms with Crippen LogP contribution in [0.1, 0.15) is 40.0 Å². The van der Waals surface area contributed by atoms with Crippen molar-refractivity contribution in [1.82, 2.24) is 0 Å². The summed E-state index contributed by atoms with van der Waals surface area (Å²) in [6.45, 7) is 7.23. The summed E-state index contributed by atoms with van der Waals surface area (Å²) < 4.78 is 5.02. The molecule has 0 aliphatic carbocycles. The molecule has 0 radical (unpaired) electrons. The highest BCUT2D eigenvalue weighted by atomic mass is 16.5. The Morgan fingerprint density at radius 1 is 1.15 bits per heavy atom. The van der Waals surface area contributed by atoms with Crippen LogP contribution in [0, 0.1) is 11.8 Å². The smallest absolute Gasteiger partial charge is 0.0543 e. The van der Waals surface area contributed by atoms with Crippen LogP contribution in [0.3, 0.4) is 0 Å². The topological polar surface area (TPSA) is 29.5 Å². The number of methoxy groups -OCH3 is 1. The van der Waals surface area contributed by atoms with Crippen molar-refractivity contribution < 1.29 is 9.84 Å². The van der Waals surface area contributed by atoms with E-state index in [1.165, 1.54) is 0 Å². The molecule has 0 saturated carbocycles. The molecule has 2 unspecified atom stereocenters. The summed E-state index contributed by atoms with van der Waals surface area (Å²) in [5.74, 6) is 1.15. The quantitative estimate of drug-likeness (QED) is 0.665. The van der Waals surface area contributed by atoms with Gasteiger partial charge in [-0.2, -0.15) is 0 Å². The van der Waals surface area contributed by atoms with Gasteiger partial charge in [0, 0.05) is 13.7 Å². The number of aliphatic hydroxyl groups is 1. The molecule has 0 fully saturated rings. The summed E-state index contributed by atoms with van der Waals surface area (Å²) in [4.78, 5) is 0. The largest absolute Gasteiger partial charge is 0.393 e. The molecule has 0 saturated heterocycles. The molecular formula is C11H24O2. The SMILES string of the molecule is COCC(C)CC(O)CCC(C)C. The molecule has 1 N–H and O–H groups in total.